The topological polar surface area (TPSA) is 55.8 Å². The minimum absolute atomic E-state index is 0.0552. The molecule has 0 saturated carbocycles. The molecule has 5 nitrogen and oxygen atoms in total. The molecule has 3 aliphatic rings. The van der Waals surface area contributed by atoms with Crippen LogP contribution in [0.5, 0.6) is 0 Å². The van der Waals surface area contributed by atoms with Crippen LogP contribution in [0.3, 0.4) is 0 Å². The van der Waals surface area contributed by atoms with E-state index >= 15 is 0 Å². The summed E-state index contributed by atoms with van der Waals surface area (Å²) in [6.07, 6.45) is -3.00. The number of carbonyl (C=O) groups excluding carboxylic acids is 2. The van der Waals surface area contributed by atoms with Crippen LogP contribution in [0.2, 0.25) is 0 Å². The van der Waals surface area contributed by atoms with Gasteiger partial charge >= 0.3 is 12.2 Å². The number of rotatable bonds is 6. The minimum atomic E-state index is -2.38. The molecular weight excluding hydrogens is 459 g/mol. The molecule has 1 amide bonds. The summed E-state index contributed by atoms with van der Waals surface area (Å²) in [7, 11) is 0. The van der Waals surface area contributed by atoms with E-state index in [2.05, 4.69) is 24.3 Å². The van der Waals surface area contributed by atoms with Gasteiger partial charge in [0.05, 0.1) is 25.3 Å². The van der Waals surface area contributed by atoms with Crippen LogP contribution in [0.15, 0.2) is 60.4 Å². The van der Waals surface area contributed by atoms with Crippen molar-refractivity contribution in [2.75, 3.05) is 19.8 Å². The van der Waals surface area contributed by atoms with Crippen molar-refractivity contribution in [1.82, 2.24) is 4.90 Å². The lowest BCUT2D eigenvalue weighted by Crippen LogP contribution is -2.60. The van der Waals surface area contributed by atoms with E-state index in [-0.39, 0.29) is 50.0 Å². The number of piperidine rings is 1. The molecule has 5 rings (SSSR count). The molecule has 0 radical (unpaired) electrons. The van der Waals surface area contributed by atoms with Crippen molar-refractivity contribution < 1.29 is 32.2 Å². The Balaban J connectivity index is 1.24. The second-order valence-electron chi connectivity index (χ2n) is 9.36. The number of halogens is 3. The maximum atomic E-state index is 13.2. The highest BCUT2D eigenvalue weighted by Crippen LogP contribution is 2.44. The number of Topliss-reactive ketones (excluding diaryl/α,β-unsaturated/α-hetero) is 1. The lowest BCUT2D eigenvalue weighted by molar-refractivity contribution is -0.131. The van der Waals surface area contributed by atoms with Crippen LogP contribution in [0.4, 0.5) is 18.0 Å². The largest absolute Gasteiger partial charge is 0.448 e. The summed E-state index contributed by atoms with van der Waals surface area (Å²) in [4.78, 5) is 27.4. The number of allylic oxidation sites excluding steroid dienone is 1. The average Bonchev–Trinajstić information content (AvgIpc) is 3.18. The lowest BCUT2D eigenvalue weighted by Gasteiger charge is -2.47. The zero-order chi connectivity index (χ0) is 24.5. The summed E-state index contributed by atoms with van der Waals surface area (Å²) < 4.78 is 49.2. The second kappa shape index (κ2) is 9.85. The maximum Gasteiger partial charge on any atom is 0.410 e. The number of morpholine rings is 1. The molecule has 0 N–H and O–H groups in total. The third kappa shape index (κ3) is 4.59. The number of benzene rings is 2. The molecule has 184 valence electrons. The molecule has 2 aromatic carbocycles. The molecule has 1 aliphatic carbocycles. The molecule has 0 spiro atoms. The van der Waals surface area contributed by atoms with Crippen molar-refractivity contribution in [3.05, 3.63) is 71.6 Å². The highest BCUT2D eigenvalue weighted by atomic mass is 19.3. The molecule has 2 atom stereocenters. The molecule has 2 aliphatic heterocycles. The van der Waals surface area contributed by atoms with Crippen LogP contribution in [0.1, 0.15) is 42.7 Å². The van der Waals surface area contributed by atoms with Gasteiger partial charge in [0.15, 0.2) is 5.83 Å². The number of hydrogen-bond donors (Lipinski definition) is 0. The van der Waals surface area contributed by atoms with E-state index < -0.39 is 30.3 Å². The molecule has 2 bridgehead atoms. The van der Waals surface area contributed by atoms with Crippen LogP contribution in [0, 0.1) is 5.92 Å². The lowest BCUT2D eigenvalue weighted by atomic mass is 9.81. The van der Waals surface area contributed by atoms with Crippen molar-refractivity contribution in [3.8, 4) is 11.1 Å². The van der Waals surface area contributed by atoms with Crippen LogP contribution < -0.4 is 0 Å². The Morgan fingerprint density at radius 1 is 0.886 bits per heavy atom. The van der Waals surface area contributed by atoms with Crippen LogP contribution in [-0.4, -0.2) is 48.7 Å². The number of nitrogens with zero attached hydrogens (tertiary/aromatic N) is 1. The van der Waals surface area contributed by atoms with Gasteiger partial charge in [-0.3, -0.25) is 9.69 Å². The zero-order valence-corrected chi connectivity index (χ0v) is 19.1. The maximum absolute atomic E-state index is 13.2. The molecule has 2 unspecified atom stereocenters. The number of hydrogen-bond acceptors (Lipinski definition) is 4. The van der Waals surface area contributed by atoms with E-state index in [1.165, 1.54) is 0 Å². The third-order valence-electron chi connectivity index (χ3n) is 7.32. The van der Waals surface area contributed by atoms with E-state index in [0.717, 1.165) is 22.3 Å². The molecule has 2 aromatic rings. The van der Waals surface area contributed by atoms with E-state index in [9.17, 15) is 22.8 Å². The summed E-state index contributed by atoms with van der Waals surface area (Å²) in [6.45, 7) is 0.752. The Bertz CT molecular complexity index is 1100. The van der Waals surface area contributed by atoms with Crippen molar-refractivity contribution in [3.63, 3.8) is 0 Å². The normalized spacial score (nSPS) is 22.8. The quantitative estimate of drug-likeness (QED) is 0.516. The average molecular weight is 486 g/mol. The van der Waals surface area contributed by atoms with Gasteiger partial charge in [-0.05, 0) is 35.1 Å². The van der Waals surface area contributed by atoms with Gasteiger partial charge in [0, 0.05) is 24.7 Å². The molecule has 2 heterocycles. The number of ketones is 1. The van der Waals surface area contributed by atoms with Crippen LogP contribution >= 0.6 is 0 Å². The van der Waals surface area contributed by atoms with Crippen LogP contribution in [0.25, 0.3) is 11.1 Å². The molecular formula is C27H26F3NO4. The number of carbonyl (C=O) groups is 2. The van der Waals surface area contributed by atoms with Crippen molar-refractivity contribution in [2.45, 2.75) is 43.7 Å². The third-order valence-corrected chi connectivity index (χ3v) is 7.32. The summed E-state index contributed by atoms with van der Waals surface area (Å²) in [5, 5.41) is 0. The number of fused-ring (bicyclic) bond motifs is 5. The van der Waals surface area contributed by atoms with E-state index in [1.807, 2.05) is 24.3 Å². The molecule has 35 heavy (non-hydrogen) atoms. The summed E-state index contributed by atoms with van der Waals surface area (Å²) in [6, 6.07) is 15.5. The number of amides is 1. The summed E-state index contributed by atoms with van der Waals surface area (Å²) in [5.74, 6) is -2.27. The second-order valence-corrected chi connectivity index (χ2v) is 9.36. The Morgan fingerprint density at radius 3 is 2.03 bits per heavy atom. The Kier molecular flexibility index (Phi) is 6.65. The Labute approximate surface area is 201 Å². The SMILES string of the molecule is O=C(CCC(F)=C(F)F)C1CC2COCC(C1)N2C(=O)OCC1c2ccccc2-c2ccccc21. The van der Waals surface area contributed by atoms with Crippen LogP contribution in [-0.2, 0) is 14.3 Å². The minimum Gasteiger partial charge on any atom is -0.448 e. The Hall–Kier alpha value is -3.13. The molecule has 2 fully saturated rings. The summed E-state index contributed by atoms with van der Waals surface area (Å²) in [5.41, 5.74) is 4.54. The van der Waals surface area contributed by atoms with Crippen molar-refractivity contribution in [2.24, 2.45) is 5.92 Å². The van der Waals surface area contributed by atoms with Gasteiger partial charge in [-0.1, -0.05) is 48.5 Å². The van der Waals surface area contributed by atoms with Gasteiger partial charge in [0.2, 0.25) is 0 Å². The first-order chi connectivity index (χ1) is 16.9. The predicted molar refractivity (Wildman–Crippen MR) is 123 cm³/mol. The molecule has 0 aromatic heterocycles. The van der Waals surface area contributed by atoms with E-state index in [0.29, 0.717) is 12.8 Å². The fourth-order valence-electron chi connectivity index (χ4n) is 5.68. The standard InChI is InChI=1S/C27H26F3NO4/c28-24(26(29)30)9-10-25(32)16-11-17-13-34-14-18(12-16)31(17)27(33)35-15-23-21-7-3-1-5-19(21)20-6-2-4-8-22(20)23/h1-8,16-18,23H,9-15H2. The van der Waals surface area contributed by atoms with Crippen molar-refractivity contribution in [1.29, 1.82) is 0 Å². The zero-order valence-electron chi connectivity index (χ0n) is 19.1. The van der Waals surface area contributed by atoms with Crippen molar-refractivity contribution >= 4 is 11.9 Å². The van der Waals surface area contributed by atoms with Gasteiger partial charge in [-0.2, -0.15) is 8.78 Å². The van der Waals surface area contributed by atoms with Gasteiger partial charge in [0.1, 0.15) is 12.4 Å². The first-order valence-corrected chi connectivity index (χ1v) is 11.9. The number of ether oxygens (including phenoxy) is 2. The summed E-state index contributed by atoms with van der Waals surface area (Å²) >= 11 is 0. The van der Waals surface area contributed by atoms with Gasteiger partial charge in [0.25, 0.3) is 0 Å². The van der Waals surface area contributed by atoms with Gasteiger partial charge < -0.3 is 9.47 Å². The highest BCUT2D eigenvalue weighted by molar-refractivity contribution is 5.82. The fourth-order valence-corrected chi connectivity index (χ4v) is 5.68. The van der Waals surface area contributed by atoms with E-state index in [1.54, 1.807) is 4.90 Å². The first kappa shape index (κ1) is 23.6. The molecule has 8 heteroatoms. The predicted octanol–water partition coefficient (Wildman–Crippen LogP) is 5.84. The smallest absolute Gasteiger partial charge is 0.410 e. The van der Waals surface area contributed by atoms with Gasteiger partial charge in [-0.25, -0.2) is 9.18 Å². The first-order valence-electron chi connectivity index (χ1n) is 11.9. The molecule has 2 saturated heterocycles. The van der Waals surface area contributed by atoms with Gasteiger partial charge in [-0.15, -0.1) is 0 Å². The Morgan fingerprint density at radius 2 is 1.46 bits per heavy atom. The van der Waals surface area contributed by atoms with E-state index in [4.69, 9.17) is 9.47 Å². The monoisotopic (exact) mass is 485 g/mol. The fraction of sp³-hybridized carbons (Fsp3) is 0.407. The highest BCUT2D eigenvalue weighted by Gasteiger charge is 2.44.